The number of hydrogen-bond donors (Lipinski definition) is 0. The van der Waals surface area contributed by atoms with Crippen LogP contribution in [0.5, 0.6) is 0 Å². The summed E-state index contributed by atoms with van der Waals surface area (Å²) in [5.41, 5.74) is 41.3. The Bertz CT molecular complexity index is 7120. The van der Waals surface area contributed by atoms with E-state index in [1.165, 1.54) is 66.8 Å². The van der Waals surface area contributed by atoms with Crippen molar-refractivity contribution in [1.29, 1.82) is 0 Å². The topological polar surface area (TPSA) is 13.0 Å². The van der Waals surface area contributed by atoms with Crippen LogP contribution < -0.4 is 19.6 Å². The van der Waals surface area contributed by atoms with Gasteiger partial charge in [-0.25, -0.2) is 0 Å². The summed E-state index contributed by atoms with van der Waals surface area (Å²) in [6, 6.07) is 186. The molecule has 21 rings (SSSR count). The van der Waals surface area contributed by atoms with E-state index in [4.69, 9.17) is 0 Å². The monoisotopic (exact) mass is 1620 g/mol. The lowest BCUT2D eigenvalue weighted by molar-refractivity contribution is 0.660. The molecule has 4 heteroatoms. The minimum Gasteiger partial charge on any atom is -0.311 e. The van der Waals surface area contributed by atoms with Gasteiger partial charge >= 0.3 is 0 Å². The molecule has 0 radical (unpaired) electrons. The van der Waals surface area contributed by atoms with Crippen molar-refractivity contribution in [2.75, 3.05) is 19.6 Å². The van der Waals surface area contributed by atoms with Crippen LogP contribution in [0.1, 0.15) is 25.0 Å². The highest BCUT2D eigenvalue weighted by Gasteiger charge is 2.36. The molecule has 127 heavy (non-hydrogen) atoms. The van der Waals surface area contributed by atoms with Crippen LogP contribution in [0.3, 0.4) is 0 Å². The van der Waals surface area contributed by atoms with Gasteiger partial charge in [0.05, 0.1) is 11.4 Å². The maximum absolute atomic E-state index is 2.42. The summed E-state index contributed by atoms with van der Waals surface area (Å²) in [4.78, 5) is 9.53. The van der Waals surface area contributed by atoms with Gasteiger partial charge in [0.25, 0.3) is 0 Å². The van der Waals surface area contributed by atoms with E-state index in [1.54, 1.807) is 0 Å². The third-order valence-electron chi connectivity index (χ3n) is 25.1. The standard InChI is InChI=1S/C123H90N4/c1-123(2)119-40-21-18-39-117(119)118-84-83-114(86-120(118)123)127(105-35-16-7-17-36-105)122-42-23-20-38-116(122)102-49-45-92(46-50-102)98-57-73-109(74-58-98)125(107-69-53-94(54-70-107)88-27-10-4-11-28-88)111-77-65-100(66-78-111)104-34-24-33-103(85-104)99-63-75-110(76-64-99)124(106-67-51-93(52-68-106)87-25-8-3-9-26-87)108-71-55-97(56-72-108)91-43-47-101(48-44-91)115-37-19-22-41-121(115)126(112-79-59-95(60-80-112)89-29-12-5-13-30-89)113-81-61-96(62-82-113)90-31-14-6-15-32-90/h3-86H,1-2H3. The second kappa shape index (κ2) is 34.5. The summed E-state index contributed by atoms with van der Waals surface area (Å²) in [6.07, 6.45) is 0. The van der Waals surface area contributed by atoms with Gasteiger partial charge in [0.1, 0.15) is 0 Å². The van der Waals surface area contributed by atoms with Crippen molar-refractivity contribution in [3.8, 4) is 122 Å². The molecule has 0 saturated heterocycles. The van der Waals surface area contributed by atoms with Crippen LogP contribution in [0.25, 0.3) is 122 Å². The van der Waals surface area contributed by atoms with Crippen molar-refractivity contribution in [2.24, 2.45) is 0 Å². The number of anilines is 12. The van der Waals surface area contributed by atoms with Gasteiger partial charge in [-0.05, 0) is 262 Å². The van der Waals surface area contributed by atoms with Gasteiger partial charge in [0.2, 0.25) is 0 Å². The van der Waals surface area contributed by atoms with Crippen molar-refractivity contribution < 1.29 is 0 Å². The summed E-state index contributed by atoms with van der Waals surface area (Å²) in [7, 11) is 0. The molecular weight excluding hydrogens is 1530 g/mol. The molecule has 0 spiro atoms. The number of hydrogen-bond acceptors (Lipinski definition) is 4. The predicted octanol–water partition coefficient (Wildman–Crippen LogP) is 34.5. The predicted molar refractivity (Wildman–Crippen MR) is 537 cm³/mol. The SMILES string of the molecule is CC1(C)c2ccccc2-c2ccc(N(c3ccccc3)c3ccccc3-c3ccc(-c4ccc(N(c5ccc(-c6ccccc6)cc5)c5ccc(-c6cccc(-c7ccc(N(c8ccc(-c9ccccc9)cc8)c8ccc(-c9ccc(-c%10ccccc%10N(c%10ccc(-c%11ccccc%11)cc%10)c%10ccc(-c%11ccccc%11)cc%10)cc9)cc8)cc7)c6)cc5)cc4)cc3)cc21. The Morgan fingerprint density at radius 1 is 0.126 bits per heavy atom. The lowest BCUT2D eigenvalue weighted by Gasteiger charge is -2.29. The molecule has 1 aliphatic rings. The molecule has 20 aromatic carbocycles. The highest BCUT2D eigenvalue weighted by molar-refractivity contribution is 5.94. The maximum Gasteiger partial charge on any atom is 0.0540 e. The normalized spacial score (nSPS) is 11.8. The number of rotatable bonds is 22. The van der Waals surface area contributed by atoms with Gasteiger partial charge in [0, 0.05) is 73.4 Å². The average Bonchev–Trinajstić information content (AvgIpc) is 1.52. The molecule has 0 amide bonds. The number of nitrogens with zero attached hydrogens (tertiary/aromatic N) is 4. The molecule has 0 aliphatic heterocycles. The molecule has 0 atom stereocenters. The fraction of sp³-hybridized carbons (Fsp3) is 0.0244. The van der Waals surface area contributed by atoms with E-state index >= 15 is 0 Å². The summed E-state index contributed by atoms with van der Waals surface area (Å²) in [5, 5.41) is 0. The van der Waals surface area contributed by atoms with Gasteiger partial charge in [-0.3, -0.25) is 0 Å². The Hall–Kier alpha value is -16.4. The van der Waals surface area contributed by atoms with E-state index in [0.29, 0.717) is 0 Å². The van der Waals surface area contributed by atoms with Crippen LogP contribution in [-0.2, 0) is 5.41 Å². The lowest BCUT2D eigenvalue weighted by Crippen LogP contribution is -2.16. The molecule has 0 saturated carbocycles. The molecule has 4 nitrogen and oxygen atoms in total. The number of para-hydroxylation sites is 3. The minimum absolute atomic E-state index is 0.132. The Balaban J connectivity index is 0.545. The molecule has 0 fully saturated rings. The van der Waals surface area contributed by atoms with Gasteiger partial charge in [0.15, 0.2) is 0 Å². The van der Waals surface area contributed by atoms with Gasteiger partial charge < -0.3 is 19.6 Å². The molecule has 0 bridgehead atoms. The second-order valence-electron chi connectivity index (χ2n) is 33.2. The van der Waals surface area contributed by atoms with E-state index in [0.717, 1.165) is 135 Å². The quantitative estimate of drug-likeness (QED) is 0.0670. The van der Waals surface area contributed by atoms with Crippen molar-refractivity contribution >= 4 is 68.2 Å². The molecule has 20 aromatic rings. The molecule has 1 aliphatic carbocycles. The first-order valence-electron chi connectivity index (χ1n) is 43.7. The van der Waals surface area contributed by atoms with Crippen LogP contribution in [0.15, 0.2) is 510 Å². The van der Waals surface area contributed by atoms with Gasteiger partial charge in [-0.1, -0.05) is 384 Å². The summed E-state index contributed by atoms with van der Waals surface area (Å²) in [6.45, 7) is 4.71. The van der Waals surface area contributed by atoms with E-state index in [1.807, 2.05) is 0 Å². The first-order chi connectivity index (χ1) is 62.7. The third kappa shape index (κ3) is 15.8. The summed E-state index contributed by atoms with van der Waals surface area (Å²) in [5.74, 6) is 0. The van der Waals surface area contributed by atoms with Crippen molar-refractivity contribution in [1.82, 2.24) is 0 Å². The molecule has 0 aromatic heterocycles. The number of fused-ring (bicyclic) bond motifs is 3. The maximum atomic E-state index is 2.42. The van der Waals surface area contributed by atoms with Crippen LogP contribution in [0.2, 0.25) is 0 Å². The fourth-order valence-corrected chi connectivity index (χ4v) is 18.5. The van der Waals surface area contributed by atoms with Crippen LogP contribution in [-0.4, -0.2) is 0 Å². The zero-order chi connectivity index (χ0) is 85.0. The zero-order valence-corrected chi connectivity index (χ0v) is 70.8. The van der Waals surface area contributed by atoms with Crippen LogP contribution in [0, 0.1) is 0 Å². The van der Waals surface area contributed by atoms with Crippen LogP contribution >= 0.6 is 0 Å². The second-order valence-corrected chi connectivity index (χ2v) is 33.2. The average molecular weight is 1620 g/mol. The first kappa shape index (κ1) is 77.9. The number of benzene rings is 20. The molecule has 0 unspecified atom stereocenters. The lowest BCUT2D eigenvalue weighted by atomic mass is 9.82. The Morgan fingerprint density at radius 3 is 0.654 bits per heavy atom. The van der Waals surface area contributed by atoms with E-state index in [-0.39, 0.29) is 5.41 Å². The first-order valence-corrected chi connectivity index (χ1v) is 43.7. The Kier molecular flexibility index (Phi) is 21.2. The molecule has 0 N–H and O–H groups in total. The smallest absolute Gasteiger partial charge is 0.0540 e. The fourth-order valence-electron chi connectivity index (χ4n) is 18.5. The minimum atomic E-state index is -0.132. The van der Waals surface area contributed by atoms with Crippen molar-refractivity contribution in [3.63, 3.8) is 0 Å². The summed E-state index contributed by atoms with van der Waals surface area (Å²) < 4.78 is 0. The van der Waals surface area contributed by atoms with Gasteiger partial charge in [-0.15, -0.1) is 0 Å². The molecule has 0 heterocycles. The Morgan fingerprint density at radius 2 is 0.331 bits per heavy atom. The Labute approximate surface area is 745 Å². The van der Waals surface area contributed by atoms with Crippen molar-refractivity contribution in [3.05, 3.63) is 521 Å². The summed E-state index contributed by atoms with van der Waals surface area (Å²) >= 11 is 0. The van der Waals surface area contributed by atoms with E-state index < -0.39 is 0 Å². The third-order valence-corrected chi connectivity index (χ3v) is 25.1. The highest BCUT2D eigenvalue weighted by atomic mass is 15.2. The van der Waals surface area contributed by atoms with E-state index in [2.05, 4.69) is 543 Å². The van der Waals surface area contributed by atoms with Crippen LogP contribution in [0.4, 0.5) is 68.2 Å². The van der Waals surface area contributed by atoms with E-state index in [9.17, 15) is 0 Å². The van der Waals surface area contributed by atoms with Gasteiger partial charge in [-0.2, -0.15) is 0 Å². The molecule has 602 valence electrons. The largest absolute Gasteiger partial charge is 0.311 e. The highest BCUT2D eigenvalue weighted by Crippen LogP contribution is 2.53. The molecular formula is C123H90N4. The van der Waals surface area contributed by atoms with Crippen molar-refractivity contribution in [2.45, 2.75) is 19.3 Å². The zero-order valence-electron chi connectivity index (χ0n) is 70.8.